The Balaban J connectivity index is 1.72. The van der Waals surface area contributed by atoms with E-state index >= 15 is 0 Å². The van der Waals surface area contributed by atoms with Gasteiger partial charge in [-0.3, -0.25) is 9.59 Å². The molecule has 1 atom stereocenters. The van der Waals surface area contributed by atoms with Gasteiger partial charge in [0.05, 0.1) is 6.54 Å². The van der Waals surface area contributed by atoms with Crippen LogP contribution in [0.25, 0.3) is 0 Å². The number of hydrogen-bond donors (Lipinski definition) is 1. The van der Waals surface area contributed by atoms with Crippen molar-refractivity contribution in [2.24, 2.45) is 0 Å². The number of carbonyl (C=O) groups excluding carboxylic acids is 2. The molecule has 5 heteroatoms. The molecular formula is C16H16N2O2S. The van der Waals surface area contributed by atoms with Gasteiger partial charge in [-0.15, -0.1) is 0 Å². The van der Waals surface area contributed by atoms with Crippen LogP contribution >= 0.6 is 11.3 Å². The summed E-state index contributed by atoms with van der Waals surface area (Å²) >= 11 is 1.64. The molecule has 2 aromatic rings. The fraction of sp³-hybridized carbons (Fsp3) is 0.250. The lowest BCUT2D eigenvalue weighted by atomic mass is 10.0. The standard InChI is InChI=1S/C16H16N2O2S/c19-14-10-18(8-6-12-7-9-21-11-12)16(20)15(17-14)13-4-2-1-3-5-13/h1-5,7,9,11,15H,6,8,10H2,(H,17,19). The molecule has 1 saturated heterocycles. The molecule has 1 aromatic carbocycles. The van der Waals surface area contributed by atoms with E-state index in [2.05, 4.69) is 10.7 Å². The molecule has 1 N–H and O–H groups in total. The largest absolute Gasteiger partial charge is 0.339 e. The van der Waals surface area contributed by atoms with Crippen LogP contribution < -0.4 is 5.32 Å². The first-order valence-electron chi connectivity index (χ1n) is 6.88. The summed E-state index contributed by atoms with van der Waals surface area (Å²) in [6, 6.07) is 10.9. The van der Waals surface area contributed by atoms with Crippen molar-refractivity contribution in [2.75, 3.05) is 13.1 Å². The Labute approximate surface area is 127 Å². The van der Waals surface area contributed by atoms with Crippen molar-refractivity contribution >= 4 is 23.2 Å². The Bertz CT molecular complexity index is 625. The molecule has 0 saturated carbocycles. The Morgan fingerprint density at radius 2 is 2.00 bits per heavy atom. The average Bonchev–Trinajstić information content (AvgIpc) is 3.02. The third-order valence-corrected chi connectivity index (χ3v) is 4.31. The second kappa shape index (κ2) is 6.10. The first-order chi connectivity index (χ1) is 10.2. The van der Waals surface area contributed by atoms with Crippen molar-refractivity contribution in [2.45, 2.75) is 12.5 Å². The minimum absolute atomic E-state index is 0.0315. The summed E-state index contributed by atoms with van der Waals surface area (Å²) in [4.78, 5) is 26.1. The van der Waals surface area contributed by atoms with Crippen molar-refractivity contribution in [3.8, 4) is 0 Å². The van der Waals surface area contributed by atoms with Gasteiger partial charge in [-0.2, -0.15) is 11.3 Å². The molecule has 1 unspecified atom stereocenters. The van der Waals surface area contributed by atoms with Gasteiger partial charge in [0.2, 0.25) is 11.8 Å². The molecule has 4 nitrogen and oxygen atoms in total. The zero-order chi connectivity index (χ0) is 14.7. The predicted molar refractivity (Wildman–Crippen MR) is 81.9 cm³/mol. The highest BCUT2D eigenvalue weighted by molar-refractivity contribution is 7.07. The van der Waals surface area contributed by atoms with Crippen LogP contribution in [0.15, 0.2) is 47.2 Å². The fourth-order valence-corrected chi connectivity index (χ4v) is 3.16. The molecule has 2 heterocycles. The highest BCUT2D eigenvalue weighted by Crippen LogP contribution is 2.19. The molecule has 0 bridgehead atoms. The molecule has 108 valence electrons. The summed E-state index contributed by atoms with van der Waals surface area (Å²) in [5.41, 5.74) is 2.03. The van der Waals surface area contributed by atoms with Crippen LogP contribution in [0.1, 0.15) is 17.2 Å². The molecule has 3 rings (SSSR count). The SMILES string of the molecule is O=C1CN(CCc2ccsc2)C(=O)C(c2ccccc2)N1. The number of hydrogen-bond acceptors (Lipinski definition) is 3. The maximum absolute atomic E-state index is 12.5. The second-order valence-corrected chi connectivity index (χ2v) is 5.83. The van der Waals surface area contributed by atoms with Gasteiger partial charge >= 0.3 is 0 Å². The van der Waals surface area contributed by atoms with E-state index in [-0.39, 0.29) is 18.4 Å². The molecule has 1 aromatic heterocycles. The molecule has 21 heavy (non-hydrogen) atoms. The van der Waals surface area contributed by atoms with E-state index in [0.717, 1.165) is 12.0 Å². The highest BCUT2D eigenvalue weighted by atomic mass is 32.1. The summed E-state index contributed by atoms with van der Waals surface area (Å²) < 4.78 is 0. The lowest BCUT2D eigenvalue weighted by Crippen LogP contribution is -2.53. The van der Waals surface area contributed by atoms with E-state index in [1.165, 1.54) is 5.56 Å². The normalized spacial score (nSPS) is 18.7. The molecular weight excluding hydrogens is 284 g/mol. The smallest absolute Gasteiger partial charge is 0.250 e. The molecule has 1 aliphatic rings. The van der Waals surface area contributed by atoms with Crippen LogP contribution in [0, 0.1) is 0 Å². The van der Waals surface area contributed by atoms with Crippen LogP contribution in [0.5, 0.6) is 0 Å². The second-order valence-electron chi connectivity index (χ2n) is 5.05. The molecule has 1 fully saturated rings. The van der Waals surface area contributed by atoms with Crippen molar-refractivity contribution in [3.05, 3.63) is 58.3 Å². The Hall–Kier alpha value is -2.14. The Morgan fingerprint density at radius 3 is 2.71 bits per heavy atom. The summed E-state index contributed by atoms with van der Waals surface area (Å²) in [5.74, 6) is -0.134. The summed E-state index contributed by atoms with van der Waals surface area (Å²) in [6.07, 6.45) is 0.782. The van der Waals surface area contributed by atoms with Gasteiger partial charge in [-0.05, 0) is 34.4 Å². The quantitative estimate of drug-likeness (QED) is 0.939. The molecule has 0 radical (unpaired) electrons. The summed E-state index contributed by atoms with van der Waals surface area (Å²) in [7, 11) is 0. The molecule has 0 spiro atoms. The number of thiophene rings is 1. The predicted octanol–water partition coefficient (Wildman–Crippen LogP) is 1.99. The monoisotopic (exact) mass is 300 g/mol. The number of piperazine rings is 1. The van der Waals surface area contributed by atoms with Gasteiger partial charge < -0.3 is 10.2 Å². The van der Waals surface area contributed by atoms with Crippen molar-refractivity contribution in [3.63, 3.8) is 0 Å². The van der Waals surface area contributed by atoms with Gasteiger partial charge in [0.25, 0.3) is 0 Å². The Morgan fingerprint density at radius 1 is 1.19 bits per heavy atom. The third kappa shape index (κ3) is 3.13. The average molecular weight is 300 g/mol. The number of benzene rings is 1. The van der Waals surface area contributed by atoms with Gasteiger partial charge in [0.15, 0.2) is 0 Å². The highest BCUT2D eigenvalue weighted by Gasteiger charge is 2.33. The van der Waals surface area contributed by atoms with Gasteiger partial charge in [-0.1, -0.05) is 30.3 Å². The van der Waals surface area contributed by atoms with Crippen LogP contribution in [0.2, 0.25) is 0 Å². The topological polar surface area (TPSA) is 49.4 Å². The first kappa shape index (κ1) is 13.8. The number of nitrogens with zero attached hydrogens (tertiary/aromatic N) is 1. The van der Waals surface area contributed by atoms with E-state index in [0.29, 0.717) is 6.54 Å². The van der Waals surface area contributed by atoms with E-state index in [9.17, 15) is 9.59 Å². The van der Waals surface area contributed by atoms with Gasteiger partial charge in [0.1, 0.15) is 6.04 Å². The minimum atomic E-state index is -0.560. The lowest BCUT2D eigenvalue weighted by Gasteiger charge is -2.32. The van der Waals surface area contributed by atoms with Gasteiger partial charge in [-0.25, -0.2) is 0 Å². The zero-order valence-corrected chi connectivity index (χ0v) is 12.3. The number of amides is 2. The Kier molecular flexibility index (Phi) is 4.01. The van der Waals surface area contributed by atoms with Crippen molar-refractivity contribution < 1.29 is 9.59 Å². The third-order valence-electron chi connectivity index (χ3n) is 3.58. The van der Waals surface area contributed by atoms with Crippen molar-refractivity contribution in [1.29, 1.82) is 0 Å². The summed E-state index contributed by atoms with van der Waals surface area (Å²) in [5, 5.41) is 6.87. The maximum Gasteiger partial charge on any atom is 0.250 e. The van der Waals surface area contributed by atoms with E-state index in [4.69, 9.17) is 0 Å². The number of rotatable bonds is 4. The summed E-state index contributed by atoms with van der Waals surface area (Å²) in [6.45, 7) is 0.721. The van der Waals surface area contributed by atoms with E-state index in [1.807, 2.05) is 41.8 Å². The fourth-order valence-electron chi connectivity index (χ4n) is 2.46. The van der Waals surface area contributed by atoms with Crippen LogP contribution in [-0.4, -0.2) is 29.8 Å². The molecule has 0 aliphatic carbocycles. The molecule has 2 amide bonds. The maximum atomic E-state index is 12.5. The zero-order valence-electron chi connectivity index (χ0n) is 11.5. The van der Waals surface area contributed by atoms with E-state index in [1.54, 1.807) is 16.2 Å². The van der Waals surface area contributed by atoms with Crippen LogP contribution in [0.4, 0.5) is 0 Å². The van der Waals surface area contributed by atoms with Gasteiger partial charge in [0, 0.05) is 6.54 Å². The number of carbonyl (C=O) groups is 2. The number of nitrogens with one attached hydrogen (secondary N) is 1. The van der Waals surface area contributed by atoms with E-state index < -0.39 is 6.04 Å². The minimum Gasteiger partial charge on any atom is -0.339 e. The first-order valence-corrected chi connectivity index (χ1v) is 7.82. The van der Waals surface area contributed by atoms with Crippen LogP contribution in [0.3, 0.4) is 0 Å². The molecule has 1 aliphatic heterocycles. The van der Waals surface area contributed by atoms with Crippen molar-refractivity contribution in [1.82, 2.24) is 10.2 Å². The van der Waals surface area contributed by atoms with Crippen LogP contribution in [-0.2, 0) is 16.0 Å². The lowest BCUT2D eigenvalue weighted by molar-refractivity contribution is -0.144.